The van der Waals surface area contributed by atoms with Crippen LogP contribution in [0.1, 0.15) is 13.3 Å². The van der Waals surface area contributed by atoms with Crippen LogP contribution in [0.4, 0.5) is 0 Å². The van der Waals surface area contributed by atoms with E-state index in [1.807, 2.05) is 21.6 Å². The molecule has 0 aliphatic rings. The topological polar surface area (TPSA) is 0 Å². The molecule has 8 heavy (non-hydrogen) atoms. The molecule has 0 nitrogen and oxygen atoms in total. The molecule has 50 valence electrons. The maximum Gasteiger partial charge on any atom is 0.0234 e. The zero-order valence-electron chi connectivity index (χ0n) is 5.19. The highest BCUT2D eigenvalue weighted by Crippen LogP contribution is 2.25. The second kappa shape index (κ2) is 6.12. The van der Waals surface area contributed by atoms with Gasteiger partial charge in [-0.25, -0.2) is 0 Å². The average Bonchev–Trinajstić information content (AvgIpc) is 1.68. The lowest BCUT2D eigenvalue weighted by Gasteiger charge is -2.03. The molecule has 0 saturated carbocycles. The highest BCUT2D eigenvalue weighted by atomic mass is 35.5. The van der Waals surface area contributed by atoms with E-state index in [2.05, 4.69) is 13.2 Å². The molecular weight excluding hydrogens is 160 g/mol. The number of rotatable bonds is 4. The number of hydrogen-bond donors (Lipinski definition) is 0. The third kappa shape index (κ3) is 5.13. The van der Waals surface area contributed by atoms with Crippen LogP contribution in [-0.2, 0) is 0 Å². The average molecular weight is 171 g/mol. The Morgan fingerprint density at radius 1 is 1.62 bits per heavy atom. The summed E-state index contributed by atoms with van der Waals surface area (Å²) in [6, 6.07) is 0. The maximum absolute atomic E-state index is 5.51. The summed E-state index contributed by atoms with van der Waals surface area (Å²) in [4.78, 5) is 0. The highest BCUT2D eigenvalue weighted by Gasteiger charge is 1.97. The van der Waals surface area contributed by atoms with Gasteiger partial charge < -0.3 is 0 Å². The molecule has 0 rings (SSSR count). The Balaban J connectivity index is 2.92. The van der Waals surface area contributed by atoms with Crippen molar-refractivity contribution in [3.05, 3.63) is 0 Å². The molecule has 3 heteroatoms. The molecule has 0 N–H and O–H groups in total. The summed E-state index contributed by atoms with van der Waals surface area (Å²) in [5.74, 6) is 0.786. The number of hydrogen-bond acceptors (Lipinski definition) is 2. The Morgan fingerprint density at radius 3 is 2.62 bits per heavy atom. The summed E-state index contributed by atoms with van der Waals surface area (Å²) >= 11 is 5.51. The van der Waals surface area contributed by atoms with E-state index in [4.69, 9.17) is 11.6 Å². The molecule has 0 aromatic carbocycles. The van der Waals surface area contributed by atoms with Gasteiger partial charge in [-0.15, -0.1) is 11.6 Å². The van der Waals surface area contributed by atoms with Crippen LogP contribution in [0.2, 0.25) is 0 Å². The molecule has 0 aromatic heterocycles. The molecular formula is C5H11ClS2. The van der Waals surface area contributed by atoms with Crippen LogP contribution in [0.3, 0.4) is 0 Å². The van der Waals surface area contributed by atoms with Crippen molar-refractivity contribution in [1.82, 2.24) is 0 Å². The van der Waals surface area contributed by atoms with Gasteiger partial charge in [0.15, 0.2) is 0 Å². The van der Waals surface area contributed by atoms with Crippen LogP contribution in [0.25, 0.3) is 0 Å². The van der Waals surface area contributed by atoms with Crippen LogP contribution in [0, 0.1) is 0 Å². The standard InChI is InChI=1S/C5H11ClS2/c1-5(3-4-6)8-7-2/h5H,3-4H2,1-2H3/t5-/m0/s1. The molecule has 0 aliphatic carbocycles. The van der Waals surface area contributed by atoms with Gasteiger partial charge in [0.05, 0.1) is 0 Å². The van der Waals surface area contributed by atoms with Crippen molar-refractivity contribution < 1.29 is 0 Å². The molecule has 1 atom stereocenters. The molecule has 0 radical (unpaired) electrons. The first-order valence-electron chi connectivity index (χ1n) is 2.56. The monoisotopic (exact) mass is 170 g/mol. The first-order valence-corrected chi connectivity index (χ1v) is 5.72. The third-order valence-corrected chi connectivity index (χ3v) is 3.31. The van der Waals surface area contributed by atoms with Crippen molar-refractivity contribution in [2.45, 2.75) is 18.6 Å². The quantitative estimate of drug-likeness (QED) is 0.470. The SMILES string of the molecule is CSS[C@@H](C)CCCl. The zero-order chi connectivity index (χ0) is 6.41. The zero-order valence-corrected chi connectivity index (χ0v) is 7.57. The second-order valence-corrected chi connectivity index (χ2v) is 4.84. The normalized spacial score (nSPS) is 13.9. The van der Waals surface area contributed by atoms with E-state index < -0.39 is 0 Å². The van der Waals surface area contributed by atoms with Gasteiger partial charge in [-0.2, -0.15) is 0 Å². The minimum Gasteiger partial charge on any atom is -0.127 e. The minimum atomic E-state index is 0.711. The van der Waals surface area contributed by atoms with E-state index in [1.54, 1.807) is 0 Å². The summed E-state index contributed by atoms with van der Waals surface area (Å²) in [6.07, 6.45) is 3.21. The van der Waals surface area contributed by atoms with Crippen molar-refractivity contribution in [3.8, 4) is 0 Å². The predicted octanol–water partition coefficient (Wildman–Crippen LogP) is 3.02. The molecule has 0 saturated heterocycles. The van der Waals surface area contributed by atoms with Crippen molar-refractivity contribution in [1.29, 1.82) is 0 Å². The Bertz CT molecular complexity index is 43.7. The molecule has 0 heterocycles. The van der Waals surface area contributed by atoms with Crippen LogP contribution >= 0.6 is 33.2 Å². The molecule has 0 bridgehead atoms. The van der Waals surface area contributed by atoms with Crippen LogP contribution < -0.4 is 0 Å². The van der Waals surface area contributed by atoms with Crippen molar-refractivity contribution in [3.63, 3.8) is 0 Å². The van der Waals surface area contributed by atoms with E-state index >= 15 is 0 Å². The Hall–Kier alpha value is 0.990. The van der Waals surface area contributed by atoms with Crippen molar-refractivity contribution >= 4 is 33.2 Å². The highest BCUT2D eigenvalue weighted by molar-refractivity contribution is 8.76. The molecule has 0 unspecified atom stereocenters. The van der Waals surface area contributed by atoms with Gasteiger partial charge in [0.1, 0.15) is 0 Å². The summed E-state index contributed by atoms with van der Waals surface area (Å²) in [7, 11) is 3.70. The van der Waals surface area contributed by atoms with Crippen molar-refractivity contribution in [2.75, 3.05) is 12.1 Å². The Morgan fingerprint density at radius 2 is 2.25 bits per heavy atom. The van der Waals surface area contributed by atoms with E-state index in [0.29, 0.717) is 5.25 Å². The first kappa shape index (κ1) is 8.99. The lowest BCUT2D eigenvalue weighted by atomic mass is 10.4. The fourth-order valence-electron chi connectivity index (χ4n) is 0.366. The molecule has 0 amide bonds. The minimum absolute atomic E-state index is 0.711. The Labute approximate surface area is 64.1 Å². The largest absolute Gasteiger partial charge is 0.127 e. The van der Waals surface area contributed by atoms with Gasteiger partial charge in [-0.1, -0.05) is 28.5 Å². The lowest BCUT2D eigenvalue weighted by molar-refractivity contribution is 0.919. The van der Waals surface area contributed by atoms with Gasteiger partial charge in [0.2, 0.25) is 0 Å². The van der Waals surface area contributed by atoms with E-state index in [-0.39, 0.29) is 0 Å². The van der Waals surface area contributed by atoms with E-state index in [0.717, 1.165) is 12.3 Å². The van der Waals surface area contributed by atoms with Gasteiger partial charge in [-0.3, -0.25) is 0 Å². The summed E-state index contributed by atoms with van der Waals surface area (Å²) in [6.45, 7) is 2.20. The van der Waals surface area contributed by atoms with Gasteiger partial charge in [0.25, 0.3) is 0 Å². The predicted molar refractivity (Wildman–Crippen MR) is 45.9 cm³/mol. The fraction of sp³-hybridized carbons (Fsp3) is 1.00. The molecule has 0 aromatic rings. The smallest absolute Gasteiger partial charge is 0.0234 e. The van der Waals surface area contributed by atoms with Gasteiger partial charge >= 0.3 is 0 Å². The number of alkyl halides is 1. The van der Waals surface area contributed by atoms with Gasteiger partial charge in [0, 0.05) is 11.1 Å². The summed E-state index contributed by atoms with van der Waals surface area (Å²) in [5.41, 5.74) is 0. The van der Waals surface area contributed by atoms with Crippen LogP contribution in [-0.4, -0.2) is 17.4 Å². The van der Waals surface area contributed by atoms with E-state index in [9.17, 15) is 0 Å². The molecule has 0 fully saturated rings. The molecule has 0 aliphatic heterocycles. The fourth-order valence-corrected chi connectivity index (χ4v) is 2.64. The van der Waals surface area contributed by atoms with Gasteiger partial charge in [-0.05, 0) is 12.7 Å². The molecule has 0 spiro atoms. The maximum atomic E-state index is 5.51. The van der Waals surface area contributed by atoms with Crippen LogP contribution in [0.5, 0.6) is 0 Å². The lowest BCUT2D eigenvalue weighted by Crippen LogP contribution is -1.93. The van der Waals surface area contributed by atoms with E-state index in [1.165, 1.54) is 0 Å². The van der Waals surface area contributed by atoms with Crippen LogP contribution in [0.15, 0.2) is 0 Å². The Kier molecular flexibility index (Phi) is 6.87. The second-order valence-electron chi connectivity index (χ2n) is 1.55. The first-order chi connectivity index (χ1) is 3.81. The number of halogens is 1. The van der Waals surface area contributed by atoms with Crippen molar-refractivity contribution in [2.24, 2.45) is 0 Å². The third-order valence-electron chi connectivity index (χ3n) is 0.776. The summed E-state index contributed by atoms with van der Waals surface area (Å²) in [5, 5.41) is 0.711. The summed E-state index contributed by atoms with van der Waals surface area (Å²) < 4.78 is 0.